The number of carbonyl (C=O) groups excluding carboxylic acids is 2. The number of hydrogen-bond acceptors (Lipinski definition) is 6. The van der Waals surface area contributed by atoms with E-state index in [1.807, 2.05) is 18.2 Å². The maximum atomic E-state index is 12.1. The number of benzene rings is 1. The summed E-state index contributed by atoms with van der Waals surface area (Å²) in [5.74, 6) is -1.34. The van der Waals surface area contributed by atoms with E-state index in [-0.39, 0.29) is 36.0 Å². The van der Waals surface area contributed by atoms with Crippen molar-refractivity contribution in [2.45, 2.75) is 13.1 Å². The van der Waals surface area contributed by atoms with Crippen molar-refractivity contribution in [1.29, 1.82) is 0 Å². The van der Waals surface area contributed by atoms with Crippen LogP contribution >= 0.6 is 0 Å². The number of nitrogens with one attached hydrogen (secondary N) is 2. The van der Waals surface area contributed by atoms with Crippen LogP contribution in [0.5, 0.6) is 11.5 Å². The summed E-state index contributed by atoms with van der Waals surface area (Å²) >= 11 is 0. The molecule has 8 nitrogen and oxygen atoms in total. The van der Waals surface area contributed by atoms with Crippen LogP contribution in [-0.4, -0.2) is 32.0 Å². The predicted octanol–water partition coefficient (Wildman–Crippen LogP) is 1.75. The number of hydrogen-bond donors (Lipinski definition) is 4. The Bertz CT molecular complexity index is 930. The summed E-state index contributed by atoms with van der Waals surface area (Å²) < 4.78 is 0. The monoisotopic (exact) mass is 378 g/mol. The molecule has 0 radical (unpaired) electrons. The zero-order valence-corrected chi connectivity index (χ0v) is 14.8. The maximum Gasteiger partial charge on any atom is 0.273 e. The fourth-order valence-corrected chi connectivity index (χ4v) is 2.53. The average molecular weight is 378 g/mol. The van der Waals surface area contributed by atoms with Crippen molar-refractivity contribution in [2.75, 3.05) is 0 Å². The Balaban J connectivity index is 1.58. The molecule has 0 saturated carbocycles. The lowest BCUT2D eigenvalue weighted by Crippen LogP contribution is -2.25. The molecule has 4 N–H and O–H groups in total. The summed E-state index contributed by atoms with van der Waals surface area (Å²) in [6, 6.07) is 13.2. The molecule has 2 aromatic heterocycles. The molecule has 0 aliphatic rings. The highest BCUT2D eigenvalue weighted by Gasteiger charge is 2.13. The minimum atomic E-state index is -0.484. The molecule has 0 unspecified atom stereocenters. The molecule has 0 spiro atoms. The van der Waals surface area contributed by atoms with E-state index < -0.39 is 11.8 Å². The molecule has 142 valence electrons. The summed E-state index contributed by atoms with van der Waals surface area (Å²) in [7, 11) is 0. The van der Waals surface area contributed by atoms with Crippen molar-refractivity contribution in [2.24, 2.45) is 0 Å². The first-order chi connectivity index (χ1) is 13.5. The van der Waals surface area contributed by atoms with E-state index in [0.29, 0.717) is 0 Å². The van der Waals surface area contributed by atoms with Crippen LogP contribution in [0.1, 0.15) is 32.1 Å². The standard InChI is InChI=1S/C20H18N4O4/c25-15-6-2-8-21-17(15)19(27)23-11-13-4-1-5-14(10-13)12-24-20(28)18-16(26)7-3-9-22-18/h1-10,25-26H,11-12H2,(H,23,27)(H,24,28). The van der Waals surface area contributed by atoms with E-state index in [2.05, 4.69) is 20.6 Å². The Morgan fingerprint density at radius 2 is 1.21 bits per heavy atom. The molecule has 3 rings (SSSR count). The number of aromatic hydroxyl groups is 2. The second-order valence-electron chi connectivity index (χ2n) is 5.93. The van der Waals surface area contributed by atoms with Gasteiger partial charge in [-0.3, -0.25) is 9.59 Å². The van der Waals surface area contributed by atoms with Crippen LogP contribution in [0.4, 0.5) is 0 Å². The summed E-state index contributed by atoms with van der Waals surface area (Å²) in [4.78, 5) is 31.9. The van der Waals surface area contributed by atoms with E-state index in [1.165, 1.54) is 36.7 Å². The first-order valence-electron chi connectivity index (χ1n) is 8.47. The summed E-state index contributed by atoms with van der Waals surface area (Å²) in [6.07, 6.45) is 2.86. The number of carbonyl (C=O) groups is 2. The molecular weight excluding hydrogens is 360 g/mol. The lowest BCUT2D eigenvalue weighted by atomic mass is 10.1. The van der Waals surface area contributed by atoms with Crippen molar-refractivity contribution in [3.05, 3.63) is 83.4 Å². The molecule has 3 aromatic rings. The lowest BCUT2D eigenvalue weighted by molar-refractivity contribution is 0.0935. The average Bonchev–Trinajstić information content (AvgIpc) is 2.71. The Hall–Kier alpha value is -3.94. The SMILES string of the molecule is O=C(NCc1cccc(CNC(=O)c2ncccc2O)c1)c1ncccc1O. The highest BCUT2D eigenvalue weighted by atomic mass is 16.3. The van der Waals surface area contributed by atoms with Gasteiger partial charge in [-0.1, -0.05) is 24.3 Å². The Kier molecular flexibility index (Phi) is 5.81. The van der Waals surface area contributed by atoms with Crippen LogP contribution in [-0.2, 0) is 13.1 Å². The second kappa shape index (κ2) is 8.63. The van der Waals surface area contributed by atoms with E-state index in [9.17, 15) is 19.8 Å². The zero-order valence-electron chi connectivity index (χ0n) is 14.8. The van der Waals surface area contributed by atoms with Gasteiger partial charge in [0, 0.05) is 25.5 Å². The predicted molar refractivity (Wildman–Crippen MR) is 101 cm³/mol. The zero-order chi connectivity index (χ0) is 19.9. The fraction of sp³-hybridized carbons (Fsp3) is 0.100. The molecule has 8 heteroatoms. The van der Waals surface area contributed by atoms with Gasteiger partial charge in [0.15, 0.2) is 11.4 Å². The molecule has 28 heavy (non-hydrogen) atoms. The first kappa shape index (κ1) is 18.8. The second-order valence-corrected chi connectivity index (χ2v) is 5.93. The third-order valence-corrected chi connectivity index (χ3v) is 3.90. The smallest absolute Gasteiger partial charge is 0.273 e. The van der Waals surface area contributed by atoms with Gasteiger partial charge in [0.05, 0.1) is 0 Å². The van der Waals surface area contributed by atoms with E-state index in [0.717, 1.165) is 11.1 Å². The van der Waals surface area contributed by atoms with E-state index >= 15 is 0 Å². The van der Waals surface area contributed by atoms with Gasteiger partial charge in [0.25, 0.3) is 11.8 Å². The highest BCUT2D eigenvalue weighted by Crippen LogP contribution is 2.14. The van der Waals surface area contributed by atoms with Gasteiger partial charge in [-0.05, 0) is 35.4 Å². The van der Waals surface area contributed by atoms with Gasteiger partial charge in [0.2, 0.25) is 0 Å². The van der Waals surface area contributed by atoms with Gasteiger partial charge in [-0.25, -0.2) is 9.97 Å². The van der Waals surface area contributed by atoms with Crippen LogP contribution in [0.3, 0.4) is 0 Å². The Labute approximate surface area is 160 Å². The number of amides is 2. The Morgan fingerprint density at radius 1 is 0.750 bits per heavy atom. The van der Waals surface area contributed by atoms with Crippen molar-refractivity contribution < 1.29 is 19.8 Å². The lowest BCUT2D eigenvalue weighted by Gasteiger charge is -2.09. The molecule has 0 atom stereocenters. The number of nitrogens with zero attached hydrogens (tertiary/aromatic N) is 2. The third-order valence-electron chi connectivity index (χ3n) is 3.90. The topological polar surface area (TPSA) is 124 Å². The molecule has 0 saturated heterocycles. The van der Waals surface area contributed by atoms with Gasteiger partial charge < -0.3 is 20.8 Å². The van der Waals surface area contributed by atoms with Crippen LogP contribution in [0.2, 0.25) is 0 Å². The van der Waals surface area contributed by atoms with Crippen LogP contribution in [0, 0.1) is 0 Å². The van der Waals surface area contributed by atoms with Crippen LogP contribution in [0.25, 0.3) is 0 Å². The summed E-state index contributed by atoms with van der Waals surface area (Å²) in [5, 5.41) is 24.7. The van der Waals surface area contributed by atoms with Crippen molar-refractivity contribution >= 4 is 11.8 Å². The molecule has 0 fully saturated rings. The van der Waals surface area contributed by atoms with Crippen LogP contribution in [0.15, 0.2) is 60.9 Å². The van der Waals surface area contributed by atoms with E-state index in [4.69, 9.17) is 0 Å². The van der Waals surface area contributed by atoms with Gasteiger partial charge in [-0.15, -0.1) is 0 Å². The third kappa shape index (κ3) is 4.61. The number of aromatic nitrogens is 2. The fourth-order valence-electron chi connectivity index (χ4n) is 2.53. The normalized spacial score (nSPS) is 10.3. The summed E-state index contributed by atoms with van der Waals surface area (Å²) in [6.45, 7) is 0.468. The quantitative estimate of drug-likeness (QED) is 0.518. The van der Waals surface area contributed by atoms with Gasteiger partial charge in [-0.2, -0.15) is 0 Å². The number of pyridine rings is 2. The van der Waals surface area contributed by atoms with Crippen LogP contribution < -0.4 is 10.6 Å². The molecule has 0 bridgehead atoms. The number of rotatable bonds is 6. The first-order valence-corrected chi connectivity index (χ1v) is 8.47. The minimum Gasteiger partial charge on any atom is -0.505 e. The van der Waals surface area contributed by atoms with Crippen molar-refractivity contribution in [3.8, 4) is 11.5 Å². The maximum absolute atomic E-state index is 12.1. The summed E-state index contributed by atoms with van der Waals surface area (Å²) in [5.41, 5.74) is 1.55. The van der Waals surface area contributed by atoms with Crippen molar-refractivity contribution in [1.82, 2.24) is 20.6 Å². The van der Waals surface area contributed by atoms with Crippen molar-refractivity contribution in [3.63, 3.8) is 0 Å². The molecule has 1 aromatic carbocycles. The molecule has 0 aliphatic carbocycles. The largest absolute Gasteiger partial charge is 0.505 e. The molecule has 0 aliphatic heterocycles. The highest BCUT2D eigenvalue weighted by molar-refractivity contribution is 5.95. The minimum absolute atomic E-state index is 0.0407. The molecule has 2 amide bonds. The molecular formula is C20H18N4O4. The van der Waals surface area contributed by atoms with Gasteiger partial charge >= 0.3 is 0 Å². The van der Waals surface area contributed by atoms with E-state index in [1.54, 1.807) is 6.07 Å². The Morgan fingerprint density at radius 3 is 1.64 bits per heavy atom. The molecule has 2 heterocycles. The van der Waals surface area contributed by atoms with Gasteiger partial charge in [0.1, 0.15) is 11.5 Å².